The van der Waals surface area contributed by atoms with Gasteiger partial charge in [0.1, 0.15) is 36.9 Å². The molecule has 1 aromatic rings. The molecule has 1 aromatic carbocycles. The summed E-state index contributed by atoms with van der Waals surface area (Å²) >= 11 is 0. The van der Waals surface area contributed by atoms with Gasteiger partial charge in [0, 0.05) is 25.1 Å². The number of nitrogens with one attached hydrogen (secondary N) is 3. The number of benzene rings is 1. The number of rotatable bonds is 21. The Kier molecular flexibility index (Phi) is 18.4. The lowest BCUT2D eigenvalue weighted by Gasteiger charge is -2.25. The molecule has 2 amide bonds. The fourth-order valence-corrected chi connectivity index (χ4v) is 5.33. The van der Waals surface area contributed by atoms with Crippen molar-refractivity contribution in [1.29, 1.82) is 0 Å². The summed E-state index contributed by atoms with van der Waals surface area (Å²) in [6, 6.07) is 3.66. The number of phenols is 1. The number of aliphatic hydroxyl groups is 2. The Balaban J connectivity index is 1.49. The lowest BCUT2D eigenvalue weighted by Crippen LogP contribution is -2.50. The van der Waals surface area contributed by atoms with Gasteiger partial charge < -0.3 is 50.9 Å². The Morgan fingerprint density at radius 2 is 1.85 bits per heavy atom. The van der Waals surface area contributed by atoms with Gasteiger partial charge in [-0.3, -0.25) is 19.7 Å². The van der Waals surface area contributed by atoms with Gasteiger partial charge in [0.15, 0.2) is 6.23 Å². The molecule has 6 unspecified atom stereocenters. The third kappa shape index (κ3) is 14.8. The van der Waals surface area contributed by atoms with Gasteiger partial charge in [-0.05, 0) is 57.1 Å². The highest BCUT2D eigenvalue weighted by Crippen LogP contribution is 2.28. The summed E-state index contributed by atoms with van der Waals surface area (Å²) in [6.07, 6.45) is 9.36. The van der Waals surface area contributed by atoms with Crippen molar-refractivity contribution < 1.29 is 59.5 Å². The highest BCUT2D eigenvalue weighted by molar-refractivity contribution is 5.88. The van der Waals surface area contributed by atoms with Crippen molar-refractivity contribution in [1.82, 2.24) is 26.1 Å². The monoisotopic (exact) mass is 733 g/mol. The number of esters is 1. The summed E-state index contributed by atoms with van der Waals surface area (Å²) in [6.45, 7) is -0.124. The molecule has 3 rings (SSSR count). The lowest BCUT2D eigenvalue weighted by atomic mass is 10.1. The predicted octanol–water partition coefficient (Wildman–Crippen LogP) is 1.19. The fraction of sp³-hybridized carbons (Fsp3) is 0.543. The molecule has 2 aliphatic heterocycles. The van der Waals surface area contributed by atoms with E-state index in [2.05, 4.69) is 16.0 Å². The number of amides is 2. The van der Waals surface area contributed by atoms with Crippen LogP contribution in [0, 0.1) is 0 Å². The van der Waals surface area contributed by atoms with E-state index in [1.165, 1.54) is 12.1 Å². The van der Waals surface area contributed by atoms with Gasteiger partial charge in [-0.2, -0.15) is 10.1 Å². The van der Waals surface area contributed by atoms with Crippen molar-refractivity contribution in [3.8, 4) is 5.75 Å². The molecule has 0 saturated carbocycles. The molecule has 6 atom stereocenters. The normalized spacial score (nSPS) is 22.0. The van der Waals surface area contributed by atoms with Crippen LogP contribution >= 0.6 is 0 Å². The minimum absolute atomic E-state index is 0.00883. The molecular formula is C35H51N5O12. The highest BCUT2D eigenvalue weighted by Gasteiger charge is 2.34. The van der Waals surface area contributed by atoms with Gasteiger partial charge in [-0.1, -0.05) is 48.6 Å². The Bertz CT molecular complexity index is 1390. The molecule has 0 radical (unpaired) electrons. The van der Waals surface area contributed by atoms with Crippen molar-refractivity contribution in [2.75, 3.05) is 26.3 Å². The second-order valence-electron chi connectivity index (χ2n) is 12.3. The molecule has 17 nitrogen and oxygen atoms in total. The number of para-hydroxylation sites is 1. The maximum atomic E-state index is 13.2. The number of hydroxylamine groups is 4. The van der Waals surface area contributed by atoms with Gasteiger partial charge in [0.2, 0.25) is 11.8 Å². The van der Waals surface area contributed by atoms with Crippen LogP contribution in [0.4, 0.5) is 0 Å². The number of hydrogen-bond donors (Lipinski definition) is 9. The number of allylic oxidation sites excluding steroid dienone is 3. The zero-order chi connectivity index (χ0) is 37.9. The number of nitrogens with zero attached hydrogens (tertiary/aromatic N) is 2. The van der Waals surface area contributed by atoms with E-state index in [0.717, 1.165) is 10.1 Å². The predicted molar refractivity (Wildman–Crippen MR) is 184 cm³/mol. The van der Waals surface area contributed by atoms with Gasteiger partial charge in [-0.25, -0.2) is 4.79 Å². The number of unbranched alkanes of at least 4 members (excludes halogenated alkanes) is 2. The van der Waals surface area contributed by atoms with Crippen LogP contribution in [0.25, 0.3) is 0 Å². The zero-order valence-electron chi connectivity index (χ0n) is 29.0. The van der Waals surface area contributed by atoms with Gasteiger partial charge >= 0.3 is 11.9 Å². The van der Waals surface area contributed by atoms with Crippen LogP contribution in [0.1, 0.15) is 69.6 Å². The minimum Gasteiger partial charge on any atom is -0.508 e. The second kappa shape index (κ2) is 22.7. The lowest BCUT2D eigenvalue weighted by molar-refractivity contribution is -0.199. The SMILES string of the molecule is O=C(O)CC/C=C/CC/C=C/C(O)N(O)CCCCC(NC(=O)C1COC(c2ccccc2O)N1)C(=O)OCCC(=O)NC1C=CCCN(O)C1O. The topological polar surface area (TPSA) is 251 Å². The molecular weight excluding hydrogens is 682 g/mol. The molecule has 9 N–H and O–H groups in total. The third-order valence-electron chi connectivity index (χ3n) is 8.25. The number of phenolic OH excluding ortho intramolecular Hbond substituents is 1. The molecule has 0 aliphatic carbocycles. The zero-order valence-corrected chi connectivity index (χ0v) is 29.0. The number of carbonyl (C=O) groups excluding carboxylic acids is 3. The van der Waals surface area contributed by atoms with Gasteiger partial charge in [-0.15, -0.1) is 0 Å². The van der Waals surface area contributed by atoms with Crippen LogP contribution in [0.3, 0.4) is 0 Å². The number of aromatic hydroxyl groups is 1. The first kappa shape index (κ1) is 42.2. The summed E-state index contributed by atoms with van der Waals surface area (Å²) in [4.78, 5) is 49.4. The first-order chi connectivity index (χ1) is 25.0. The largest absolute Gasteiger partial charge is 0.508 e. The molecule has 1 fully saturated rings. The number of carboxylic acid groups (broad SMARTS) is 1. The van der Waals surface area contributed by atoms with E-state index in [1.54, 1.807) is 42.5 Å². The van der Waals surface area contributed by atoms with Crippen LogP contribution in [0.5, 0.6) is 5.75 Å². The number of aliphatic carboxylic acids is 1. The van der Waals surface area contributed by atoms with E-state index in [1.807, 2.05) is 6.08 Å². The average Bonchev–Trinajstić information content (AvgIpc) is 3.55. The second-order valence-corrected chi connectivity index (χ2v) is 12.3. The van der Waals surface area contributed by atoms with Crippen molar-refractivity contribution in [3.05, 3.63) is 66.3 Å². The Morgan fingerprint density at radius 3 is 2.62 bits per heavy atom. The number of carbonyl (C=O) groups is 4. The summed E-state index contributed by atoms with van der Waals surface area (Å²) in [5.41, 5.74) is 0.445. The summed E-state index contributed by atoms with van der Waals surface area (Å²) in [5, 5.41) is 69.0. The van der Waals surface area contributed by atoms with Crippen LogP contribution in [-0.4, -0.2) is 122 Å². The van der Waals surface area contributed by atoms with Crippen LogP contribution in [0.15, 0.2) is 60.7 Å². The highest BCUT2D eigenvalue weighted by atomic mass is 16.5. The Labute approximate surface area is 302 Å². The smallest absolute Gasteiger partial charge is 0.328 e. The average molecular weight is 734 g/mol. The third-order valence-corrected chi connectivity index (χ3v) is 8.25. The van der Waals surface area contributed by atoms with E-state index >= 15 is 0 Å². The standard InChI is InChI=1S/C35H51N5O12/c41-28-16-8-7-13-24(28)33-38-27(23-52-33)32(46)37-26(35(48)51-22-19-29(42)36-25-14-9-12-21-40(50)34(25)47)15-10-11-20-39(49)30(43)17-5-3-1-2-4-6-18-31(44)45/h2,4-5,7-9,13-14,16-17,25-27,30,33-34,38,41,43,47,49-50H,1,3,6,10-12,15,18-23H2,(H,36,42)(H,37,46)(H,44,45)/b4-2+,17-5+. The molecule has 2 aliphatic rings. The van der Waals surface area contributed by atoms with E-state index < -0.39 is 60.6 Å². The number of ether oxygens (including phenoxy) is 2. The first-order valence-corrected chi connectivity index (χ1v) is 17.4. The van der Waals surface area contributed by atoms with Crippen LogP contribution < -0.4 is 16.0 Å². The molecule has 1 saturated heterocycles. The van der Waals surface area contributed by atoms with Crippen LogP contribution in [0.2, 0.25) is 0 Å². The van der Waals surface area contributed by atoms with E-state index in [4.69, 9.17) is 14.6 Å². The van der Waals surface area contributed by atoms with Crippen molar-refractivity contribution >= 4 is 23.8 Å². The molecule has 52 heavy (non-hydrogen) atoms. The summed E-state index contributed by atoms with van der Waals surface area (Å²) in [5.74, 6) is -2.76. The van der Waals surface area contributed by atoms with Crippen molar-refractivity contribution in [2.45, 2.75) is 94.6 Å². The maximum Gasteiger partial charge on any atom is 0.328 e. The maximum absolute atomic E-state index is 13.2. The number of hydrogen-bond acceptors (Lipinski definition) is 14. The summed E-state index contributed by atoms with van der Waals surface area (Å²) in [7, 11) is 0. The van der Waals surface area contributed by atoms with Crippen molar-refractivity contribution in [3.63, 3.8) is 0 Å². The number of carboxylic acids is 1. The molecule has 17 heteroatoms. The molecule has 0 bridgehead atoms. The molecule has 288 valence electrons. The van der Waals surface area contributed by atoms with Crippen molar-refractivity contribution in [2.24, 2.45) is 0 Å². The molecule has 2 heterocycles. The molecule has 0 spiro atoms. The molecule has 0 aromatic heterocycles. The Hall–Kier alpha value is -4.20. The van der Waals surface area contributed by atoms with E-state index in [0.29, 0.717) is 44.1 Å². The van der Waals surface area contributed by atoms with E-state index in [-0.39, 0.29) is 51.3 Å². The van der Waals surface area contributed by atoms with E-state index in [9.17, 15) is 44.9 Å². The Morgan fingerprint density at radius 1 is 1.10 bits per heavy atom. The number of aliphatic hydroxyl groups excluding tert-OH is 2. The van der Waals surface area contributed by atoms with Crippen LogP contribution in [-0.2, 0) is 28.7 Å². The van der Waals surface area contributed by atoms with Gasteiger partial charge in [0.05, 0.1) is 19.1 Å². The van der Waals surface area contributed by atoms with Gasteiger partial charge in [0.25, 0.3) is 0 Å². The minimum atomic E-state index is -1.35. The first-order valence-electron chi connectivity index (χ1n) is 17.4. The fourth-order valence-electron chi connectivity index (χ4n) is 5.33. The quantitative estimate of drug-likeness (QED) is 0.0283. The summed E-state index contributed by atoms with van der Waals surface area (Å²) < 4.78 is 11.0.